The molecular weight excluding hydrogens is 244 g/mol. The monoisotopic (exact) mass is 264 g/mol. The van der Waals surface area contributed by atoms with Gasteiger partial charge in [0.1, 0.15) is 12.0 Å². The predicted molar refractivity (Wildman–Crippen MR) is 74.2 cm³/mol. The van der Waals surface area contributed by atoms with E-state index in [1.165, 1.54) is 6.20 Å². The lowest BCUT2D eigenvalue weighted by molar-refractivity contribution is -0.385. The van der Waals surface area contributed by atoms with Crippen LogP contribution in [0.2, 0.25) is 0 Å². The molecule has 0 amide bonds. The third-order valence-electron chi connectivity index (χ3n) is 3.90. The quantitative estimate of drug-likeness (QED) is 0.651. The number of anilines is 1. The van der Waals surface area contributed by atoms with E-state index in [-0.39, 0.29) is 17.1 Å². The number of nitrogens with two attached hydrogens (primary N) is 1. The summed E-state index contributed by atoms with van der Waals surface area (Å²) in [5.74, 6) is 0.795. The molecule has 1 aromatic rings. The second-order valence-electron chi connectivity index (χ2n) is 5.89. The largest absolute Gasteiger partial charge is 0.356 e. The van der Waals surface area contributed by atoms with Crippen molar-refractivity contribution in [2.45, 2.75) is 33.2 Å². The van der Waals surface area contributed by atoms with Crippen LogP contribution in [0.25, 0.3) is 0 Å². The smallest absolute Gasteiger partial charge is 0.290 e. The van der Waals surface area contributed by atoms with E-state index in [9.17, 15) is 10.1 Å². The lowest BCUT2D eigenvalue weighted by atomic mass is 9.80. The molecule has 0 saturated carbocycles. The van der Waals surface area contributed by atoms with Gasteiger partial charge in [0.05, 0.1) is 4.92 Å². The Kier molecular flexibility index (Phi) is 3.45. The minimum absolute atomic E-state index is 0.0234. The van der Waals surface area contributed by atoms with E-state index in [0.29, 0.717) is 5.56 Å². The van der Waals surface area contributed by atoms with E-state index in [2.05, 4.69) is 23.7 Å². The summed E-state index contributed by atoms with van der Waals surface area (Å²) in [6.07, 6.45) is 2.25. The normalized spacial score (nSPS) is 22.3. The van der Waals surface area contributed by atoms with Gasteiger partial charge >= 0.3 is 0 Å². The zero-order valence-electron chi connectivity index (χ0n) is 11.6. The van der Waals surface area contributed by atoms with Gasteiger partial charge in [-0.05, 0) is 24.8 Å². The molecule has 19 heavy (non-hydrogen) atoms. The summed E-state index contributed by atoms with van der Waals surface area (Å²) in [6.45, 7) is 7.68. The van der Waals surface area contributed by atoms with Crippen LogP contribution in [-0.2, 0) is 0 Å². The molecule has 0 aliphatic carbocycles. The van der Waals surface area contributed by atoms with Gasteiger partial charge in [0.2, 0.25) is 0 Å². The highest BCUT2D eigenvalue weighted by atomic mass is 16.6. The maximum absolute atomic E-state index is 10.8. The van der Waals surface area contributed by atoms with Crippen LogP contribution >= 0.6 is 0 Å². The fraction of sp³-hybridized carbons (Fsp3) is 0.615. The standard InChI is InChI=1S/C13H20N4O2/c1-9-6-12(15-7-10(9)17(18)19)16-5-4-11(14)13(2,3)8-16/h6-7,11H,4-5,8,14H2,1-3H3. The highest BCUT2D eigenvalue weighted by Crippen LogP contribution is 2.31. The molecule has 0 radical (unpaired) electrons. The third-order valence-corrected chi connectivity index (χ3v) is 3.90. The van der Waals surface area contributed by atoms with E-state index in [4.69, 9.17) is 5.73 Å². The van der Waals surface area contributed by atoms with Gasteiger partial charge in [-0.25, -0.2) is 4.98 Å². The molecule has 6 nitrogen and oxygen atoms in total. The van der Waals surface area contributed by atoms with Crippen LogP contribution < -0.4 is 10.6 Å². The molecule has 104 valence electrons. The van der Waals surface area contributed by atoms with Gasteiger partial charge in [-0.3, -0.25) is 10.1 Å². The number of nitrogens with zero attached hydrogens (tertiary/aromatic N) is 3. The summed E-state index contributed by atoms with van der Waals surface area (Å²) in [5, 5.41) is 10.8. The van der Waals surface area contributed by atoms with Gasteiger partial charge in [0, 0.05) is 24.7 Å². The molecule has 0 spiro atoms. The Hall–Kier alpha value is -1.69. The summed E-state index contributed by atoms with van der Waals surface area (Å²) < 4.78 is 0. The molecule has 1 aliphatic heterocycles. The first kappa shape index (κ1) is 13.7. The molecule has 1 saturated heterocycles. The van der Waals surface area contributed by atoms with Crippen LogP contribution in [-0.4, -0.2) is 29.0 Å². The van der Waals surface area contributed by atoms with E-state index in [0.717, 1.165) is 25.3 Å². The molecule has 1 unspecified atom stereocenters. The van der Waals surface area contributed by atoms with Crippen molar-refractivity contribution in [2.75, 3.05) is 18.0 Å². The molecule has 1 atom stereocenters. The molecule has 2 rings (SSSR count). The molecule has 0 bridgehead atoms. The SMILES string of the molecule is Cc1cc(N2CCC(N)C(C)(C)C2)ncc1[N+](=O)[O-]. The second kappa shape index (κ2) is 4.77. The summed E-state index contributed by atoms with van der Waals surface area (Å²) in [5.41, 5.74) is 6.84. The summed E-state index contributed by atoms with van der Waals surface area (Å²) in [4.78, 5) is 16.8. The Morgan fingerprint density at radius 1 is 1.58 bits per heavy atom. The minimum atomic E-state index is -0.401. The van der Waals surface area contributed by atoms with Crippen molar-refractivity contribution in [1.29, 1.82) is 0 Å². The van der Waals surface area contributed by atoms with Crippen molar-refractivity contribution in [3.8, 4) is 0 Å². The number of hydrogen-bond donors (Lipinski definition) is 1. The van der Waals surface area contributed by atoms with Gasteiger partial charge in [-0.1, -0.05) is 13.8 Å². The van der Waals surface area contributed by atoms with Crippen LogP contribution in [0.15, 0.2) is 12.3 Å². The number of nitro groups is 1. The van der Waals surface area contributed by atoms with Crippen LogP contribution in [0, 0.1) is 22.5 Å². The predicted octanol–water partition coefficient (Wildman–Crippen LogP) is 1.86. The Labute approximate surface area is 112 Å². The van der Waals surface area contributed by atoms with Crippen LogP contribution in [0.1, 0.15) is 25.8 Å². The average Bonchev–Trinajstić information content (AvgIpc) is 2.32. The zero-order valence-corrected chi connectivity index (χ0v) is 11.6. The van der Waals surface area contributed by atoms with Gasteiger partial charge in [0.15, 0.2) is 0 Å². The van der Waals surface area contributed by atoms with Crippen molar-refractivity contribution in [3.63, 3.8) is 0 Å². The average molecular weight is 264 g/mol. The molecule has 6 heteroatoms. The zero-order chi connectivity index (χ0) is 14.2. The maximum atomic E-state index is 10.8. The molecular formula is C13H20N4O2. The Balaban J connectivity index is 2.24. The maximum Gasteiger partial charge on any atom is 0.290 e. The highest BCUT2D eigenvalue weighted by Gasteiger charge is 2.34. The molecule has 0 aromatic carbocycles. The number of rotatable bonds is 2. The summed E-state index contributed by atoms with van der Waals surface area (Å²) >= 11 is 0. The summed E-state index contributed by atoms with van der Waals surface area (Å²) in [7, 11) is 0. The first-order chi connectivity index (χ1) is 8.81. The molecule has 1 aliphatic rings. The van der Waals surface area contributed by atoms with Crippen LogP contribution in [0.3, 0.4) is 0 Å². The topological polar surface area (TPSA) is 85.3 Å². The first-order valence-electron chi connectivity index (χ1n) is 6.43. The lowest BCUT2D eigenvalue weighted by Gasteiger charge is -2.43. The van der Waals surface area contributed by atoms with E-state index >= 15 is 0 Å². The van der Waals surface area contributed by atoms with Crippen molar-refractivity contribution >= 4 is 11.5 Å². The van der Waals surface area contributed by atoms with E-state index in [1.54, 1.807) is 13.0 Å². The van der Waals surface area contributed by atoms with Crippen molar-refractivity contribution in [1.82, 2.24) is 4.98 Å². The van der Waals surface area contributed by atoms with Crippen molar-refractivity contribution in [2.24, 2.45) is 11.1 Å². The number of hydrogen-bond acceptors (Lipinski definition) is 5. The van der Waals surface area contributed by atoms with Crippen molar-refractivity contribution in [3.05, 3.63) is 27.9 Å². The first-order valence-corrected chi connectivity index (χ1v) is 6.43. The number of pyridine rings is 1. The van der Waals surface area contributed by atoms with Crippen molar-refractivity contribution < 1.29 is 4.92 Å². The van der Waals surface area contributed by atoms with E-state index in [1.807, 2.05) is 0 Å². The van der Waals surface area contributed by atoms with Gasteiger partial charge in [-0.2, -0.15) is 0 Å². The van der Waals surface area contributed by atoms with Gasteiger partial charge in [-0.15, -0.1) is 0 Å². The minimum Gasteiger partial charge on any atom is -0.356 e. The Morgan fingerprint density at radius 2 is 2.26 bits per heavy atom. The molecule has 2 N–H and O–H groups in total. The van der Waals surface area contributed by atoms with E-state index < -0.39 is 4.92 Å². The van der Waals surface area contributed by atoms with Crippen LogP contribution in [0.5, 0.6) is 0 Å². The number of aryl methyl sites for hydroxylation is 1. The van der Waals surface area contributed by atoms with Crippen LogP contribution in [0.4, 0.5) is 11.5 Å². The number of aromatic nitrogens is 1. The fourth-order valence-electron chi connectivity index (χ4n) is 2.47. The lowest BCUT2D eigenvalue weighted by Crippen LogP contribution is -2.52. The second-order valence-corrected chi connectivity index (χ2v) is 5.89. The molecule has 1 aromatic heterocycles. The fourth-order valence-corrected chi connectivity index (χ4v) is 2.47. The molecule has 1 fully saturated rings. The van der Waals surface area contributed by atoms with Gasteiger partial charge in [0.25, 0.3) is 5.69 Å². The summed E-state index contributed by atoms with van der Waals surface area (Å²) in [6, 6.07) is 1.97. The Bertz CT molecular complexity index is 501. The Morgan fingerprint density at radius 3 is 2.79 bits per heavy atom. The number of piperidine rings is 1. The molecule has 2 heterocycles. The van der Waals surface area contributed by atoms with Gasteiger partial charge < -0.3 is 10.6 Å². The highest BCUT2D eigenvalue weighted by molar-refractivity contribution is 5.49. The third kappa shape index (κ3) is 2.68.